The van der Waals surface area contributed by atoms with Gasteiger partial charge >= 0.3 is 5.97 Å². The number of carboxylic acids is 1. The number of rotatable bonds is 4. The molecule has 5 heteroatoms. The van der Waals surface area contributed by atoms with E-state index in [1.165, 1.54) is 0 Å². The molecule has 1 fully saturated rings. The molecule has 1 aromatic rings. The maximum atomic E-state index is 12.6. The van der Waals surface area contributed by atoms with Gasteiger partial charge in [0.2, 0.25) is 5.91 Å². The van der Waals surface area contributed by atoms with Crippen LogP contribution in [0.15, 0.2) is 17.5 Å². The SMILES string of the molecule is CC(c1cccs1)N(C)C(=O)[C@@H]1CCCC[C@@H]1C(=O)O. The van der Waals surface area contributed by atoms with Crippen LogP contribution in [0.1, 0.15) is 43.5 Å². The minimum Gasteiger partial charge on any atom is -0.481 e. The summed E-state index contributed by atoms with van der Waals surface area (Å²) < 4.78 is 0. The van der Waals surface area contributed by atoms with Crippen LogP contribution in [0.25, 0.3) is 0 Å². The molecule has 1 aliphatic carbocycles. The summed E-state index contributed by atoms with van der Waals surface area (Å²) in [5.74, 6) is -1.75. The van der Waals surface area contributed by atoms with E-state index < -0.39 is 11.9 Å². The molecule has 0 aliphatic heterocycles. The van der Waals surface area contributed by atoms with E-state index in [1.54, 1.807) is 23.3 Å². The fourth-order valence-corrected chi connectivity index (χ4v) is 3.72. The predicted octanol–water partition coefficient (Wildman–Crippen LogP) is 3.16. The predicted molar refractivity (Wildman–Crippen MR) is 78.6 cm³/mol. The van der Waals surface area contributed by atoms with Gasteiger partial charge in [-0.05, 0) is 31.2 Å². The molecular weight excluding hydrogens is 274 g/mol. The van der Waals surface area contributed by atoms with Crippen molar-refractivity contribution in [2.24, 2.45) is 11.8 Å². The molecular formula is C15H21NO3S. The number of carbonyl (C=O) groups is 2. The summed E-state index contributed by atoms with van der Waals surface area (Å²) in [4.78, 5) is 26.8. The van der Waals surface area contributed by atoms with Crippen LogP contribution in [-0.2, 0) is 9.59 Å². The number of nitrogens with zero attached hydrogens (tertiary/aromatic N) is 1. The summed E-state index contributed by atoms with van der Waals surface area (Å²) >= 11 is 1.62. The van der Waals surface area contributed by atoms with Crippen molar-refractivity contribution in [2.75, 3.05) is 7.05 Å². The third-order valence-corrected chi connectivity index (χ3v) is 5.33. The second-order valence-electron chi connectivity index (χ2n) is 5.48. The van der Waals surface area contributed by atoms with Crippen molar-refractivity contribution in [3.63, 3.8) is 0 Å². The number of carbonyl (C=O) groups excluding carboxylic acids is 1. The molecule has 20 heavy (non-hydrogen) atoms. The van der Waals surface area contributed by atoms with E-state index >= 15 is 0 Å². The Morgan fingerprint density at radius 3 is 2.55 bits per heavy atom. The normalized spacial score (nSPS) is 24.1. The quantitative estimate of drug-likeness (QED) is 0.928. The van der Waals surface area contributed by atoms with Gasteiger partial charge in [-0.15, -0.1) is 11.3 Å². The summed E-state index contributed by atoms with van der Waals surface area (Å²) in [6.07, 6.45) is 3.16. The molecule has 1 N–H and O–H groups in total. The highest BCUT2D eigenvalue weighted by Crippen LogP contribution is 2.34. The number of carboxylic acid groups (broad SMARTS) is 1. The van der Waals surface area contributed by atoms with Crippen LogP contribution in [0.3, 0.4) is 0 Å². The minimum atomic E-state index is -0.833. The first-order valence-electron chi connectivity index (χ1n) is 7.05. The van der Waals surface area contributed by atoms with Gasteiger partial charge in [-0.25, -0.2) is 0 Å². The first kappa shape index (κ1) is 15.0. The third kappa shape index (κ3) is 3.03. The van der Waals surface area contributed by atoms with Crippen molar-refractivity contribution in [3.8, 4) is 0 Å². The number of aliphatic carboxylic acids is 1. The van der Waals surface area contributed by atoms with Gasteiger partial charge in [-0.1, -0.05) is 18.9 Å². The first-order chi connectivity index (χ1) is 9.52. The van der Waals surface area contributed by atoms with Crippen molar-refractivity contribution >= 4 is 23.2 Å². The summed E-state index contributed by atoms with van der Waals surface area (Å²) in [5.41, 5.74) is 0. The Morgan fingerprint density at radius 1 is 1.35 bits per heavy atom. The molecule has 110 valence electrons. The van der Waals surface area contributed by atoms with Gasteiger partial charge in [0.05, 0.1) is 17.9 Å². The third-order valence-electron chi connectivity index (χ3n) is 4.28. The van der Waals surface area contributed by atoms with Crippen LogP contribution in [0.4, 0.5) is 0 Å². The molecule has 4 nitrogen and oxygen atoms in total. The van der Waals surface area contributed by atoms with Crippen LogP contribution in [0.5, 0.6) is 0 Å². The highest BCUT2D eigenvalue weighted by Gasteiger charge is 2.38. The zero-order valence-corrected chi connectivity index (χ0v) is 12.7. The van der Waals surface area contributed by atoms with Crippen LogP contribution < -0.4 is 0 Å². The molecule has 1 unspecified atom stereocenters. The summed E-state index contributed by atoms with van der Waals surface area (Å²) in [6, 6.07) is 3.98. The molecule has 1 aliphatic rings. The van der Waals surface area contributed by atoms with Crippen molar-refractivity contribution in [2.45, 2.75) is 38.6 Å². The molecule has 0 radical (unpaired) electrons. The van der Waals surface area contributed by atoms with Gasteiger partial charge in [0.25, 0.3) is 0 Å². The van der Waals surface area contributed by atoms with E-state index in [4.69, 9.17) is 0 Å². The molecule has 0 aromatic carbocycles. The van der Waals surface area contributed by atoms with Crippen LogP contribution >= 0.6 is 11.3 Å². The maximum absolute atomic E-state index is 12.6. The Morgan fingerprint density at radius 2 is 2.00 bits per heavy atom. The summed E-state index contributed by atoms with van der Waals surface area (Å²) in [7, 11) is 1.78. The minimum absolute atomic E-state index is 0.00104. The van der Waals surface area contributed by atoms with Gasteiger partial charge < -0.3 is 10.0 Å². The number of hydrogen-bond acceptors (Lipinski definition) is 3. The van der Waals surface area contributed by atoms with Crippen molar-refractivity contribution in [1.29, 1.82) is 0 Å². The second-order valence-corrected chi connectivity index (χ2v) is 6.46. The number of hydrogen-bond donors (Lipinski definition) is 1. The standard InChI is InChI=1S/C15H21NO3S/c1-10(13-8-5-9-20-13)16(2)14(17)11-6-3-4-7-12(11)15(18)19/h5,8-12H,3-4,6-7H2,1-2H3,(H,18,19)/t10?,11-,12+/m1/s1. The monoisotopic (exact) mass is 295 g/mol. The lowest BCUT2D eigenvalue weighted by Gasteiger charge is -2.33. The molecule has 0 bridgehead atoms. The van der Waals surface area contributed by atoms with Crippen molar-refractivity contribution in [1.82, 2.24) is 4.90 Å². The zero-order valence-electron chi connectivity index (χ0n) is 11.9. The molecule has 1 aromatic heterocycles. The smallest absolute Gasteiger partial charge is 0.307 e. The van der Waals surface area contributed by atoms with Gasteiger partial charge in [-0.2, -0.15) is 0 Å². The van der Waals surface area contributed by atoms with E-state index in [2.05, 4.69) is 0 Å². The molecule has 1 amide bonds. The zero-order chi connectivity index (χ0) is 14.7. The summed E-state index contributed by atoms with van der Waals surface area (Å²) in [6.45, 7) is 1.99. The molecule has 2 rings (SSSR count). The van der Waals surface area contributed by atoms with Gasteiger partial charge in [0, 0.05) is 11.9 Å². The van der Waals surface area contributed by atoms with E-state index in [9.17, 15) is 14.7 Å². The number of amides is 1. The van der Waals surface area contributed by atoms with Crippen LogP contribution in [0.2, 0.25) is 0 Å². The Bertz CT molecular complexity index is 471. The summed E-state index contributed by atoms with van der Waals surface area (Å²) in [5, 5.41) is 11.3. The van der Waals surface area contributed by atoms with E-state index in [0.29, 0.717) is 12.8 Å². The lowest BCUT2D eigenvalue weighted by atomic mass is 9.78. The first-order valence-corrected chi connectivity index (χ1v) is 7.93. The largest absolute Gasteiger partial charge is 0.481 e. The van der Waals surface area contributed by atoms with Crippen molar-refractivity contribution < 1.29 is 14.7 Å². The van der Waals surface area contributed by atoms with Crippen LogP contribution in [-0.4, -0.2) is 28.9 Å². The Balaban J connectivity index is 2.10. The van der Waals surface area contributed by atoms with Crippen molar-refractivity contribution in [3.05, 3.63) is 22.4 Å². The van der Waals surface area contributed by atoms with Gasteiger partial charge in [0.15, 0.2) is 0 Å². The molecule has 1 saturated carbocycles. The fraction of sp³-hybridized carbons (Fsp3) is 0.600. The maximum Gasteiger partial charge on any atom is 0.307 e. The molecule has 0 spiro atoms. The number of thiophene rings is 1. The fourth-order valence-electron chi connectivity index (χ4n) is 2.89. The van der Waals surface area contributed by atoms with Gasteiger partial charge in [0.1, 0.15) is 0 Å². The second kappa shape index (κ2) is 6.39. The molecule has 0 saturated heterocycles. The highest BCUT2D eigenvalue weighted by molar-refractivity contribution is 7.10. The Hall–Kier alpha value is -1.36. The average Bonchev–Trinajstić information content (AvgIpc) is 2.99. The highest BCUT2D eigenvalue weighted by atomic mass is 32.1. The van der Waals surface area contributed by atoms with Crippen LogP contribution in [0, 0.1) is 11.8 Å². The molecule has 3 atom stereocenters. The average molecular weight is 295 g/mol. The lowest BCUT2D eigenvalue weighted by Crippen LogP contribution is -2.41. The Kier molecular flexibility index (Phi) is 4.81. The van der Waals surface area contributed by atoms with E-state index in [1.807, 2.05) is 24.4 Å². The van der Waals surface area contributed by atoms with E-state index in [0.717, 1.165) is 17.7 Å². The van der Waals surface area contributed by atoms with Gasteiger partial charge in [-0.3, -0.25) is 9.59 Å². The van der Waals surface area contributed by atoms with E-state index in [-0.39, 0.29) is 17.9 Å². The molecule has 1 heterocycles. The lowest BCUT2D eigenvalue weighted by molar-refractivity contribution is -0.152. The Labute approximate surface area is 123 Å². The topological polar surface area (TPSA) is 57.6 Å².